The smallest absolute Gasteiger partial charge is 0.355 e. The van der Waals surface area contributed by atoms with Crippen molar-refractivity contribution < 1.29 is 38.6 Å². The first-order valence-corrected chi connectivity index (χ1v) is 12.5. The SMILES string of the molecule is O=C(Nc1c(F)cccc1F)c1cc2c(s1)-c1sccc1N(C(=O)c1cc(O)c([N+](=O)[O-])c(O)c1O)CC2. The molecule has 3 heterocycles. The molecule has 0 spiro atoms. The van der Waals surface area contributed by atoms with E-state index in [9.17, 15) is 43.8 Å². The molecule has 2 aromatic heterocycles. The molecule has 0 saturated carbocycles. The number of hydrogen-bond acceptors (Lipinski definition) is 9. The van der Waals surface area contributed by atoms with E-state index in [1.165, 1.54) is 22.3 Å². The Kier molecular flexibility index (Phi) is 6.20. The Hall–Kier alpha value is -4.56. The van der Waals surface area contributed by atoms with E-state index in [0.717, 1.165) is 23.5 Å². The standard InChI is InChI=1S/C24H15F2N3O7S2/c25-12-2-1-3-13(26)17(12)27-23(33)16-8-10-4-6-28(14-5-7-37-22(14)21(10)38-16)24(34)11-9-15(30)18(29(35)36)20(32)19(11)31/h1-3,5,7-9,30-32H,4,6H2,(H,27,33). The van der Waals surface area contributed by atoms with Crippen molar-refractivity contribution in [2.45, 2.75) is 6.42 Å². The molecule has 10 nitrogen and oxygen atoms in total. The highest BCUT2D eigenvalue weighted by atomic mass is 32.1. The highest BCUT2D eigenvalue weighted by Gasteiger charge is 2.34. The van der Waals surface area contributed by atoms with Crippen molar-refractivity contribution in [3.05, 3.63) is 79.5 Å². The summed E-state index contributed by atoms with van der Waals surface area (Å²) < 4.78 is 28.0. The zero-order valence-electron chi connectivity index (χ0n) is 18.9. The van der Waals surface area contributed by atoms with Gasteiger partial charge in [-0.25, -0.2) is 8.78 Å². The van der Waals surface area contributed by atoms with E-state index in [2.05, 4.69) is 5.32 Å². The van der Waals surface area contributed by atoms with Gasteiger partial charge in [0.2, 0.25) is 5.75 Å². The first-order valence-electron chi connectivity index (χ1n) is 10.8. The Labute approximate surface area is 219 Å². The molecule has 0 unspecified atom stereocenters. The van der Waals surface area contributed by atoms with Gasteiger partial charge >= 0.3 is 5.69 Å². The van der Waals surface area contributed by atoms with Crippen LogP contribution in [0.15, 0.2) is 41.8 Å². The molecule has 4 N–H and O–H groups in total. The number of phenols is 3. The van der Waals surface area contributed by atoms with E-state index in [4.69, 9.17) is 0 Å². The zero-order chi connectivity index (χ0) is 27.3. The number of hydrogen-bond donors (Lipinski definition) is 4. The van der Waals surface area contributed by atoms with E-state index in [1.54, 1.807) is 17.5 Å². The van der Waals surface area contributed by atoms with Crippen LogP contribution in [-0.4, -0.2) is 38.6 Å². The summed E-state index contributed by atoms with van der Waals surface area (Å²) >= 11 is 2.33. The monoisotopic (exact) mass is 559 g/mol. The lowest BCUT2D eigenvalue weighted by Gasteiger charge is -2.22. The molecule has 14 heteroatoms. The van der Waals surface area contributed by atoms with Crippen LogP contribution in [0.1, 0.15) is 25.6 Å². The predicted octanol–water partition coefficient (Wildman–Crippen LogP) is 5.24. The number of nitro groups is 1. The Morgan fingerprint density at radius 3 is 2.45 bits per heavy atom. The second kappa shape index (κ2) is 9.39. The number of rotatable bonds is 4. The van der Waals surface area contributed by atoms with Crippen LogP contribution in [-0.2, 0) is 6.42 Å². The lowest BCUT2D eigenvalue weighted by molar-refractivity contribution is -0.387. The Morgan fingerprint density at radius 1 is 1.05 bits per heavy atom. The summed E-state index contributed by atoms with van der Waals surface area (Å²) in [5.41, 5.74) is -1.14. The number of fused-ring (bicyclic) bond motifs is 3. The van der Waals surface area contributed by atoms with Crippen molar-refractivity contribution >= 4 is 51.6 Å². The third kappa shape index (κ3) is 4.09. The molecule has 0 aliphatic carbocycles. The minimum Gasteiger partial charge on any atom is -0.504 e. The van der Waals surface area contributed by atoms with Crippen LogP contribution in [0.25, 0.3) is 9.75 Å². The molecule has 2 amide bonds. The fourth-order valence-corrected chi connectivity index (χ4v) is 6.28. The maximum Gasteiger partial charge on any atom is 0.355 e. The van der Waals surface area contributed by atoms with Crippen molar-refractivity contribution in [1.82, 2.24) is 0 Å². The molecule has 1 aliphatic rings. The van der Waals surface area contributed by atoms with Crippen LogP contribution < -0.4 is 10.2 Å². The molecule has 0 fully saturated rings. The quantitative estimate of drug-likeness (QED) is 0.115. The lowest BCUT2D eigenvalue weighted by atomic mass is 10.1. The number of thiophene rings is 2. The fourth-order valence-electron chi connectivity index (χ4n) is 4.08. The minimum absolute atomic E-state index is 0.0489. The molecule has 0 atom stereocenters. The first kappa shape index (κ1) is 25.1. The molecule has 4 aromatic rings. The second-order valence-corrected chi connectivity index (χ2v) is 10.1. The Morgan fingerprint density at radius 2 is 1.76 bits per heavy atom. The van der Waals surface area contributed by atoms with Crippen LogP contribution in [0.5, 0.6) is 17.2 Å². The van der Waals surface area contributed by atoms with Gasteiger partial charge in [-0.05, 0) is 41.6 Å². The molecule has 2 aromatic carbocycles. The summed E-state index contributed by atoms with van der Waals surface area (Å²) in [7, 11) is 0. The summed E-state index contributed by atoms with van der Waals surface area (Å²) in [5, 5.41) is 45.3. The van der Waals surface area contributed by atoms with Crippen molar-refractivity contribution in [2.75, 3.05) is 16.8 Å². The number of para-hydroxylation sites is 1. The van der Waals surface area contributed by atoms with Gasteiger partial charge in [-0.3, -0.25) is 19.7 Å². The summed E-state index contributed by atoms with van der Waals surface area (Å²) in [5.74, 6) is -6.65. The second-order valence-electron chi connectivity index (χ2n) is 8.10. The van der Waals surface area contributed by atoms with Crippen molar-refractivity contribution in [2.24, 2.45) is 0 Å². The Bertz CT molecular complexity index is 1630. The van der Waals surface area contributed by atoms with Crippen LogP contribution >= 0.6 is 22.7 Å². The molecular formula is C24H15F2N3O7S2. The first-order chi connectivity index (χ1) is 18.1. The van der Waals surface area contributed by atoms with E-state index in [0.29, 0.717) is 27.1 Å². The van der Waals surface area contributed by atoms with Crippen LogP contribution in [0.3, 0.4) is 0 Å². The zero-order valence-corrected chi connectivity index (χ0v) is 20.5. The number of phenolic OH excluding ortho intramolecular Hbond substituents is 3. The average Bonchev–Trinajstić information content (AvgIpc) is 3.48. The number of nitrogens with one attached hydrogen (secondary N) is 1. The van der Waals surface area contributed by atoms with Gasteiger partial charge in [0.25, 0.3) is 11.8 Å². The van der Waals surface area contributed by atoms with Crippen molar-refractivity contribution in [3.63, 3.8) is 0 Å². The van der Waals surface area contributed by atoms with Gasteiger partial charge in [-0.1, -0.05) is 6.07 Å². The average molecular weight is 560 g/mol. The third-order valence-electron chi connectivity index (χ3n) is 5.87. The van der Waals surface area contributed by atoms with E-state index < -0.39 is 62.6 Å². The fraction of sp³-hybridized carbons (Fsp3) is 0.0833. The molecule has 1 aliphatic heterocycles. The van der Waals surface area contributed by atoms with Crippen molar-refractivity contribution in [3.8, 4) is 27.0 Å². The van der Waals surface area contributed by atoms with Gasteiger partial charge in [-0.15, -0.1) is 22.7 Å². The largest absolute Gasteiger partial charge is 0.504 e. The summed E-state index contributed by atoms with van der Waals surface area (Å²) in [6, 6.07) is 7.13. The van der Waals surface area contributed by atoms with E-state index >= 15 is 0 Å². The highest BCUT2D eigenvalue weighted by Crippen LogP contribution is 2.48. The molecule has 0 radical (unpaired) electrons. The number of anilines is 2. The molecule has 0 bridgehead atoms. The number of aromatic hydroxyl groups is 3. The molecule has 194 valence electrons. The van der Waals surface area contributed by atoms with Gasteiger partial charge < -0.3 is 25.5 Å². The summed E-state index contributed by atoms with van der Waals surface area (Å²) in [6.07, 6.45) is 0.242. The van der Waals surface area contributed by atoms with E-state index in [-0.39, 0.29) is 17.8 Å². The van der Waals surface area contributed by atoms with Gasteiger partial charge in [0.15, 0.2) is 11.5 Å². The van der Waals surface area contributed by atoms with Gasteiger partial charge in [0.05, 0.1) is 30.8 Å². The molecule has 0 saturated heterocycles. The summed E-state index contributed by atoms with van der Waals surface area (Å²) in [4.78, 5) is 38.9. The lowest BCUT2D eigenvalue weighted by Crippen LogP contribution is -2.32. The molecule has 5 rings (SSSR count). The number of halogens is 2. The molecule has 38 heavy (non-hydrogen) atoms. The van der Waals surface area contributed by atoms with Crippen LogP contribution in [0.4, 0.5) is 25.8 Å². The highest BCUT2D eigenvalue weighted by molar-refractivity contribution is 7.23. The maximum absolute atomic E-state index is 14.0. The number of benzene rings is 2. The van der Waals surface area contributed by atoms with E-state index in [1.807, 2.05) is 0 Å². The number of amides is 2. The normalized spacial score (nSPS) is 12.4. The molecular weight excluding hydrogens is 544 g/mol. The van der Waals surface area contributed by atoms with Gasteiger partial charge in [0.1, 0.15) is 17.3 Å². The summed E-state index contributed by atoms with van der Waals surface area (Å²) in [6.45, 7) is 0.0489. The van der Waals surface area contributed by atoms with Crippen LogP contribution in [0, 0.1) is 21.7 Å². The Balaban J connectivity index is 1.48. The number of carbonyl (C=O) groups is 2. The topological polar surface area (TPSA) is 153 Å². The number of nitro benzene ring substituents is 1. The number of carbonyl (C=O) groups excluding carboxylic acids is 2. The van der Waals surface area contributed by atoms with Crippen molar-refractivity contribution in [1.29, 1.82) is 0 Å². The number of nitrogens with zero attached hydrogens (tertiary/aromatic N) is 2. The van der Waals surface area contributed by atoms with Crippen LogP contribution in [0.2, 0.25) is 0 Å². The van der Waals surface area contributed by atoms with Gasteiger partial charge in [0, 0.05) is 12.6 Å². The van der Waals surface area contributed by atoms with Gasteiger partial charge in [-0.2, -0.15) is 0 Å². The minimum atomic E-state index is -1.24. The third-order valence-corrected chi connectivity index (χ3v) is 8.11. The predicted molar refractivity (Wildman–Crippen MR) is 135 cm³/mol. The maximum atomic E-state index is 14.0.